The van der Waals surface area contributed by atoms with Crippen molar-refractivity contribution in [2.45, 2.75) is 6.92 Å². The van der Waals surface area contributed by atoms with Crippen molar-refractivity contribution in [3.8, 4) is 11.5 Å². The Morgan fingerprint density at radius 2 is 1.41 bits per heavy atom. The maximum absolute atomic E-state index is 12.6. The summed E-state index contributed by atoms with van der Waals surface area (Å²) in [6.07, 6.45) is 0. The van der Waals surface area contributed by atoms with Crippen LogP contribution in [0.5, 0.6) is 11.5 Å². The van der Waals surface area contributed by atoms with E-state index in [0.29, 0.717) is 13.1 Å². The van der Waals surface area contributed by atoms with Crippen LogP contribution >= 0.6 is 0 Å². The number of urea groups is 1. The van der Waals surface area contributed by atoms with Crippen molar-refractivity contribution in [2.75, 3.05) is 36.4 Å². The fraction of sp³-hybridized carbons (Fsp3) is 0.208. The average Bonchev–Trinajstić information content (AvgIpc) is 2.76. The van der Waals surface area contributed by atoms with E-state index in [4.69, 9.17) is 4.74 Å². The molecule has 0 radical (unpaired) electrons. The molecule has 0 aliphatic carbocycles. The summed E-state index contributed by atoms with van der Waals surface area (Å²) in [4.78, 5) is 16.8. The van der Waals surface area contributed by atoms with Gasteiger partial charge in [0.15, 0.2) is 0 Å². The van der Waals surface area contributed by atoms with Crippen molar-refractivity contribution >= 4 is 17.4 Å². The van der Waals surface area contributed by atoms with Gasteiger partial charge in [-0.1, -0.05) is 35.9 Å². The molecule has 0 unspecified atom stereocenters. The number of ether oxygens (including phenoxy) is 1. The number of piperazine rings is 1. The summed E-state index contributed by atoms with van der Waals surface area (Å²) in [7, 11) is 0. The fourth-order valence-corrected chi connectivity index (χ4v) is 3.36. The quantitative estimate of drug-likeness (QED) is 0.674. The molecule has 1 aliphatic heterocycles. The van der Waals surface area contributed by atoms with Crippen molar-refractivity contribution in [3.63, 3.8) is 0 Å². The molecule has 3 aromatic carbocycles. The van der Waals surface area contributed by atoms with Gasteiger partial charge < -0.3 is 19.9 Å². The maximum Gasteiger partial charge on any atom is 0.321 e. The Bertz CT molecular complexity index is 932. The van der Waals surface area contributed by atoms with E-state index in [1.54, 1.807) is 0 Å². The largest absolute Gasteiger partial charge is 0.457 e. The van der Waals surface area contributed by atoms with E-state index >= 15 is 0 Å². The number of hydrogen-bond acceptors (Lipinski definition) is 3. The normalized spacial score (nSPS) is 13.8. The molecular weight excluding hydrogens is 362 g/mol. The van der Waals surface area contributed by atoms with Crippen molar-refractivity contribution < 1.29 is 9.53 Å². The van der Waals surface area contributed by atoms with E-state index in [2.05, 4.69) is 41.4 Å². The molecule has 29 heavy (non-hydrogen) atoms. The number of benzene rings is 3. The molecule has 4 rings (SSSR count). The molecule has 0 atom stereocenters. The number of para-hydroxylation sites is 1. The Kier molecular flexibility index (Phi) is 5.66. The highest BCUT2D eigenvalue weighted by atomic mass is 16.5. The summed E-state index contributed by atoms with van der Waals surface area (Å²) in [5.74, 6) is 1.52. The average molecular weight is 387 g/mol. The molecule has 2 amide bonds. The Hall–Kier alpha value is -3.47. The van der Waals surface area contributed by atoms with Gasteiger partial charge in [-0.05, 0) is 55.5 Å². The zero-order valence-corrected chi connectivity index (χ0v) is 16.5. The second-order valence-corrected chi connectivity index (χ2v) is 7.18. The molecule has 5 nitrogen and oxygen atoms in total. The molecule has 1 aliphatic rings. The first-order valence-electron chi connectivity index (χ1n) is 9.88. The summed E-state index contributed by atoms with van der Waals surface area (Å²) >= 11 is 0. The van der Waals surface area contributed by atoms with Gasteiger partial charge in [-0.2, -0.15) is 0 Å². The topological polar surface area (TPSA) is 44.8 Å². The lowest BCUT2D eigenvalue weighted by Gasteiger charge is -2.36. The van der Waals surface area contributed by atoms with Crippen LogP contribution < -0.4 is 15.0 Å². The first-order chi connectivity index (χ1) is 14.2. The van der Waals surface area contributed by atoms with Crippen LogP contribution in [-0.2, 0) is 0 Å². The Balaban J connectivity index is 1.29. The van der Waals surface area contributed by atoms with Crippen LogP contribution in [0.4, 0.5) is 16.2 Å². The van der Waals surface area contributed by atoms with E-state index in [-0.39, 0.29) is 6.03 Å². The van der Waals surface area contributed by atoms with Crippen LogP contribution in [-0.4, -0.2) is 37.1 Å². The van der Waals surface area contributed by atoms with Gasteiger partial charge in [0.1, 0.15) is 11.5 Å². The fourth-order valence-electron chi connectivity index (χ4n) is 3.36. The van der Waals surface area contributed by atoms with Crippen LogP contribution in [0.25, 0.3) is 0 Å². The number of carbonyl (C=O) groups excluding carboxylic acids is 1. The lowest BCUT2D eigenvalue weighted by Crippen LogP contribution is -2.50. The van der Waals surface area contributed by atoms with Gasteiger partial charge in [0.05, 0.1) is 0 Å². The van der Waals surface area contributed by atoms with Gasteiger partial charge >= 0.3 is 6.03 Å². The minimum Gasteiger partial charge on any atom is -0.457 e. The van der Waals surface area contributed by atoms with Crippen LogP contribution in [0.3, 0.4) is 0 Å². The van der Waals surface area contributed by atoms with Crippen molar-refractivity contribution in [2.24, 2.45) is 0 Å². The number of carbonyl (C=O) groups is 1. The first kappa shape index (κ1) is 18.9. The Morgan fingerprint density at radius 3 is 2.07 bits per heavy atom. The predicted molar refractivity (Wildman–Crippen MR) is 117 cm³/mol. The summed E-state index contributed by atoms with van der Waals surface area (Å²) in [6, 6.07) is 25.5. The monoisotopic (exact) mass is 387 g/mol. The van der Waals surface area contributed by atoms with E-state index in [9.17, 15) is 4.79 Å². The Labute approximate surface area is 171 Å². The van der Waals surface area contributed by atoms with Gasteiger partial charge in [0, 0.05) is 37.6 Å². The smallest absolute Gasteiger partial charge is 0.321 e. The molecule has 5 heteroatoms. The number of aryl methyl sites for hydroxylation is 1. The highest BCUT2D eigenvalue weighted by Crippen LogP contribution is 2.23. The first-order valence-corrected chi connectivity index (χ1v) is 9.88. The third-order valence-corrected chi connectivity index (χ3v) is 5.05. The number of nitrogens with one attached hydrogen (secondary N) is 1. The minimum absolute atomic E-state index is 0.0646. The van der Waals surface area contributed by atoms with Crippen molar-refractivity contribution in [1.82, 2.24) is 4.90 Å². The highest BCUT2D eigenvalue weighted by Gasteiger charge is 2.21. The molecule has 1 fully saturated rings. The summed E-state index contributed by atoms with van der Waals surface area (Å²) < 4.78 is 5.79. The van der Waals surface area contributed by atoms with Crippen LogP contribution in [0, 0.1) is 6.92 Å². The molecule has 148 valence electrons. The van der Waals surface area contributed by atoms with Crippen molar-refractivity contribution in [3.05, 3.63) is 84.4 Å². The lowest BCUT2D eigenvalue weighted by atomic mass is 10.2. The third kappa shape index (κ3) is 4.88. The molecule has 1 saturated heterocycles. The van der Waals surface area contributed by atoms with Gasteiger partial charge in [-0.15, -0.1) is 0 Å². The SMILES string of the molecule is Cc1ccc(N2CCN(C(=O)Nc3ccc(Oc4ccccc4)cc3)CC2)cc1. The van der Waals surface area contributed by atoms with E-state index in [0.717, 1.165) is 30.3 Å². The van der Waals surface area contributed by atoms with Crippen molar-refractivity contribution in [1.29, 1.82) is 0 Å². The van der Waals surface area contributed by atoms with Crippen LogP contribution in [0.15, 0.2) is 78.9 Å². The second-order valence-electron chi connectivity index (χ2n) is 7.18. The Morgan fingerprint density at radius 1 is 0.793 bits per heavy atom. The summed E-state index contributed by atoms with van der Waals surface area (Å²) in [6.45, 7) is 5.16. The molecule has 0 bridgehead atoms. The molecule has 3 aromatic rings. The predicted octanol–water partition coefficient (Wildman–Crippen LogP) is 5.14. The zero-order chi connectivity index (χ0) is 20.1. The lowest BCUT2D eigenvalue weighted by molar-refractivity contribution is 0.208. The molecule has 1 N–H and O–H groups in total. The van der Waals surface area contributed by atoms with Crippen LogP contribution in [0.2, 0.25) is 0 Å². The number of amides is 2. The molecular formula is C24H25N3O2. The number of hydrogen-bond donors (Lipinski definition) is 1. The number of anilines is 2. The zero-order valence-electron chi connectivity index (χ0n) is 16.5. The van der Waals surface area contributed by atoms with E-state index in [1.807, 2.05) is 59.5 Å². The minimum atomic E-state index is -0.0646. The van der Waals surface area contributed by atoms with Crippen LogP contribution in [0.1, 0.15) is 5.56 Å². The van der Waals surface area contributed by atoms with Gasteiger partial charge in [0.2, 0.25) is 0 Å². The van der Waals surface area contributed by atoms with E-state index < -0.39 is 0 Å². The van der Waals surface area contributed by atoms with Gasteiger partial charge in [-0.3, -0.25) is 0 Å². The number of rotatable bonds is 4. The highest BCUT2D eigenvalue weighted by molar-refractivity contribution is 5.89. The summed E-state index contributed by atoms with van der Waals surface area (Å²) in [5, 5.41) is 2.98. The third-order valence-electron chi connectivity index (χ3n) is 5.05. The molecule has 1 heterocycles. The van der Waals surface area contributed by atoms with Gasteiger partial charge in [0.25, 0.3) is 0 Å². The molecule has 0 spiro atoms. The summed E-state index contributed by atoms with van der Waals surface area (Å²) in [5.41, 5.74) is 3.23. The standard InChI is InChI=1S/C24H25N3O2/c1-19-7-11-21(12-8-19)26-15-17-27(18-16-26)24(28)25-20-9-13-23(14-10-20)29-22-5-3-2-4-6-22/h2-14H,15-18H2,1H3,(H,25,28). The van der Waals surface area contributed by atoms with Gasteiger partial charge in [-0.25, -0.2) is 4.79 Å². The number of nitrogens with zero attached hydrogens (tertiary/aromatic N) is 2. The molecule has 0 aromatic heterocycles. The second kappa shape index (κ2) is 8.69. The van der Waals surface area contributed by atoms with E-state index in [1.165, 1.54) is 11.3 Å². The molecule has 0 saturated carbocycles. The maximum atomic E-state index is 12.6.